The lowest BCUT2D eigenvalue weighted by Gasteiger charge is -2.30. The van der Waals surface area contributed by atoms with Crippen LogP contribution in [0.5, 0.6) is 5.75 Å². The standard InChI is InChI=1S/C14H22N2O2/c1-9-5-6-11(17)10(7-9)13(18)16-12(8-15)14(2,3)4/h5-7,12,17H,8,15H2,1-4H3,(H,16,18). The van der Waals surface area contributed by atoms with E-state index in [1.807, 2.05) is 27.7 Å². The number of hydrogen-bond donors (Lipinski definition) is 3. The molecule has 1 aromatic rings. The van der Waals surface area contributed by atoms with Gasteiger partial charge in [-0.05, 0) is 24.5 Å². The molecule has 0 aliphatic rings. The summed E-state index contributed by atoms with van der Waals surface area (Å²) in [5.74, 6) is -0.302. The van der Waals surface area contributed by atoms with Crippen molar-refractivity contribution in [3.05, 3.63) is 29.3 Å². The number of nitrogens with one attached hydrogen (secondary N) is 1. The third-order valence-corrected chi connectivity index (χ3v) is 2.98. The van der Waals surface area contributed by atoms with Crippen LogP contribution in [0.3, 0.4) is 0 Å². The van der Waals surface area contributed by atoms with Gasteiger partial charge in [-0.15, -0.1) is 0 Å². The summed E-state index contributed by atoms with van der Waals surface area (Å²) < 4.78 is 0. The summed E-state index contributed by atoms with van der Waals surface area (Å²) in [7, 11) is 0. The number of hydrogen-bond acceptors (Lipinski definition) is 3. The maximum absolute atomic E-state index is 12.1. The average Bonchev–Trinajstić information content (AvgIpc) is 2.27. The molecule has 0 aliphatic heterocycles. The van der Waals surface area contributed by atoms with Crippen molar-refractivity contribution < 1.29 is 9.90 Å². The van der Waals surface area contributed by atoms with E-state index in [-0.39, 0.29) is 28.7 Å². The predicted molar refractivity (Wildman–Crippen MR) is 72.6 cm³/mol. The van der Waals surface area contributed by atoms with Gasteiger partial charge >= 0.3 is 0 Å². The van der Waals surface area contributed by atoms with Crippen molar-refractivity contribution >= 4 is 5.91 Å². The lowest BCUT2D eigenvalue weighted by atomic mass is 9.86. The first-order valence-electron chi connectivity index (χ1n) is 6.06. The van der Waals surface area contributed by atoms with Gasteiger partial charge in [0.2, 0.25) is 0 Å². The molecule has 100 valence electrons. The van der Waals surface area contributed by atoms with Crippen LogP contribution in [0.25, 0.3) is 0 Å². The van der Waals surface area contributed by atoms with Crippen molar-refractivity contribution in [3.8, 4) is 5.75 Å². The van der Waals surface area contributed by atoms with Crippen LogP contribution < -0.4 is 11.1 Å². The lowest BCUT2D eigenvalue weighted by molar-refractivity contribution is 0.0902. The molecule has 1 unspecified atom stereocenters. The van der Waals surface area contributed by atoms with E-state index in [0.29, 0.717) is 6.54 Å². The van der Waals surface area contributed by atoms with Crippen LogP contribution >= 0.6 is 0 Å². The fourth-order valence-electron chi connectivity index (χ4n) is 1.70. The van der Waals surface area contributed by atoms with Gasteiger partial charge in [0.1, 0.15) is 5.75 Å². The number of phenols is 1. The molecule has 0 spiro atoms. The summed E-state index contributed by atoms with van der Waals surface area (Å²) in [6, 6.07) is 4.82. The maximum Gasteiger partial charge on any atom is 0.255 e. The summed E-state index contributed by atoms with van der Waals surface area (Å²) in [6.07, 6.45) is 0. The number of nitrogens with two attached hydrogens (primary N) is 1. The Hall–Kier alpha value is -1.55. The van der Waals surface area contributed by atoms with Gasteiger partial charge in [0, 0.05) is 12.6 Å². The Bertz CT molecular complexity index is 436. The summed E-state index contributed by atoms with van der Waals surface area (Å²) in [5.41, 5.74) is 6.77. The van der Waals surface area contributed by atoms with Gasteiger partial charge in [0.05, 0.1) is 5.56 Å². The Morgan fingerprint density at radius 2 is 2.06 bits per heavy atom. The van der Waals surface area contributed by atoms with Crippen LogP contribution in [0.1, 0.15) is 36.7 Å². The van der Waals surface area contributed by atoms with E-state index in [4.69, 9.17) is 5.73 Å². The number of aromatic hydroxyl groups is 1. The second-order valence-corrected chi connectivity index (χ2v) is 5.65. The SMILES string of the molecule is Cc1ccc(O)c(C(=O)NC(CN)C(C)(C)C)c1. The van der Waals surface area contributed by atoms with Gasteiger partial charge in [-0.2, -0.15) is 0 Å². The summed E-state index contributed by atoms with van der Waals surface area (Å²) in [6.45, 7) is 8.28. The maximum atomic E-state index is 12.1. The van der Waals surface area contributed by atoms with E-state index in [9.17, 15) is 9.90 Å². The topological polar surface area (TPSA) is 75.3 Å². The van der Waals surface area contributed by atoms with E-state index < -0.39 is 0 Å². The Morgan fingerprint density at radius 1 is 1.44 bits per heavy atom. The van der Waals surface area contributed by atoms with Crippen molar-refractivity contribution in [3.63, 3.8) is 0 Å². The number of carbonyl (C=O) groups excluding carboxylic acids is 1. The highest BCUT2D eigenvalue weighted by Gasteiger charge is 2.26. The van der Waals surface area contributed by atoms with Crippen molar-refractivity contribution in [1.29, 1.82) is 0 Å². The van der Waals surface area contributed by atoms with Crippen LogP contribution in [-0.2, 0) is 0 Å². The first-order valence-corrected chi connectivity index (χ1v) is 6.06. The van der Waals surface area contributed by atoms with E-state index >= 15 is 0 Å². The first kappa shape index (κ1) is 14.5. The van der Waals surface area contributed by atoms with Crippen LogP contribution in [0, 0.1) is 12.3 Å². The zero-order valence-electron chi connectivity index (χ0n) is 11.4. The molecule has 0 saturated heterocycles. The van der Waals surface area contributed by atoms with Crippen LogP contribution in [0.2, 0.25) is 0 Å². The second-order valence-electron chi connectivity index (χ2n) is 5.65. The van der Waals surface area contributed by atoms with Gasteiger partial charge in [-0.1, -0.05) is 32.4 Å². The molecular weight excluding hydrogens is 228 g/mol. The molecule has 1 aromatic carbocycles. The first-order chi connectivity index (χ1) is 8.25. The molecule has 1 rings (SSSR count). The van der Waals surface area contributed by atoms with Gasteiger partial charge in [0.15, 0.2) is 0 Å². The molecule has 1 amide bonds. The van der Waals surface area contributed by atoms with Crippen LogP contribution in [-0.4, -0.2) is 23.6 Å². The molecule has 0 saturated carbocycles. The molecule has 18 heavy (non-hydrogen) atoms. The normalized spacial score (nSPS) is 13.2. The number of benzene rings is 1. The Balaban J connectivity index is 2.91. The largest absolute Gasteiger partial charge is 0.507 e. The smallest absolute Gasteiger partial charge is 0.255 e. The third-order valence-electron chi connectivity index (χ3n) is 2.98. The quantitative estimate of drug-likeness (QED) is 0.765. The summed E-state index contributed by atoms with van der Waals surface area (Å²) in [5, 5.41) is 12.6. The monoisotopic (exact) mass is 250 g/mol. The van der Waals surface area contributed by atoms with E-state index in [2.05, 4.69) is 5.32 Å². The van der Waals surface area contributed by atoms with E-state index in [1.165, 1.54) is 6.07 Å². The zero-order chi connectivity index (χ0) is 13.9. The summed E-state index contributed by atoms with van der Waals surface area (Å²) in [4.78, 5) is 12.1. The lowest BCUT2D eigenvalue weighted by Crippen LogP contribution is -2.48. The van der Waals surface area contributed by atoms with E-state index in [0.717, 1.165) is 5.56 Å². The van der Waals surface area contributed by atoms with Gasteiger partial charge < -0.3 is 16.2 Å². The minimum atomic E-state index is -0.290. The minimum Gasteiger partial charge on any atom is -0.507 e. The van der Waals surface area contributed by atoms with Crippen LogP contribution in [0.4, 0.5) is 0 Å². The number of phenolic OH excluding ortho intramolecular Hbond substituents is 1. The Morgan fingerprint density at radius 3 is 2.56 bits per heavy atom. The average molecular weight is 250 g/mol. The molecule has 0 fully saturated rings. The predicted octanol–water partition coefficient (Wildman–Crippen LogP) is 1.80. The number of carbonyl (C=O) groups is 1. The highest BCUT2D eigenvalue weighted by Crippen LogP contribution is 2.21. The van der Waals surface area contributed by atoms with Gasteiger partial charge in [-0.3, -0.25) is 4.79 Å². The molecular formula is C14H22N2O2. The van der Waals surface area contributed by atoms with Crippen LogP contribution in [0.15, 0.2) is 18.2 Å². The van der Waals surface area contributed by atoms with E-state index in [1.54, 1.807) is 12.1 Å². The second kappa shape index (κ2) is 5.40. The molecule has 0 heterocycles. The Labute approximate surface area is 108 Å². The Kier molecular flexibility index (Phi) is 4.35. The summed E-state index contributed by atoms with van der Waals surface area (Å²) >= 11 is 0. The number of aryl methyl sites for hydroxylation is 1. The third kappa shape index (κ3) is 3.47. The van der Waals surface area contributed by atoms with Crippen molar-refractivity contribution in [2.45, 2.75) is 33.7 Å². The highest BCUT2D eigenvalue weighted by molar-refractivity contribution is 5.97. The zero-order valence-corrected chi connectivity index (χ0v) is 11.4. The fourth-order valence-corrected chi connectivity index (χ4v) is 1.70. The molecule has 4 nitrogen and oxygen atoms in total. The molecule has 0 radical (unpaired) electrons. The van der Waals surface area contributed by atoms with Crippen molar-refractivity contribution in [1.82, 2.24) is 5.32 Å². The fraction of sp³-hybridized carbons (Fsp3) is 0.500. The van der Waals surface area contributed by atoms with Crippen molar-refractivity contribution in [2.24, 2.45) is 11.1 Å². The molecule has 4 heteroatoms. The minimum absolute atomic E-state index is 0.0113. The molecule has 0 aliphatic carbocycles. The van der Waals surface area contributed by atoms with Gasteiger partial charge in [0.25, 0.3) is 5.91 Å². The molecule has 1 atom stereocenters. The number of amides is 1. The van der Waals surface area contributed by atoms with Crippen molar-refractivity contribution in [2.75, 3.05) is 6.54 Å². The van der Waals surface area contributed by atoms with Gasteiger partial charge in [-0.25, -0.2) is 0 Å². The number of rotatable bonds is 3. The highest BCUT2D eigenvalue weighted by atomic mass is 16.3. The molecule has 4 N–H and O–H groups in total. The molecule has 0 bridgehead atoms. The molecule has 0 aromatic heterocycles.